The minimum absolute atomic E-state index is 0.00171. The molecule has 5 nitrogen and oxygen atoms in total. The Morgan fingerprint density at radius 1 is 0.654 bits per heavy atom. The summed E-state index contributed by atoms with van der Waals surface area (Å²) >= 11 is 0. The van der Waals surface area contributed by atoms with Crippen molar-refractivity contribution in [3.8, 4) is 0 Å². The first kappa shape index (κ1) is 26.2. The largest absolute Gasteiger partial charge is 0.353 e. The summed E-state index contributed by atoms with van der Waals surface area (Å²) in [6.07, 6.45) is 4.82. The lowest BCUT2D eigenvalue weighted by atomic mass is 10.2. The van der Waals surface area contributed by atoms with Crippen LogP contribution in [0.2, 0.25) is 11.1 Å². The highest BCUT2D eigenvalue weighted by molar-refractivity contribution is 6.12. The molecule has 7 heteroatoms. The van der Waals surface area contributed by atoms with Gasteiger partial charge in [0.05, 0.1) is 0 Å². The normalized spacial score (nSPS) is 14.8. The Morgan fingerprint density at radius 2 is 0.962 bits per heavy atom. The summed E-state index contributed by atoms with van der Waals surface area (Å²) in [5.41, 5.74) is 1.15. The van der Waals surface area contributed by atoms with Crippen LogP contribution in [0.25, 0.3) is 0 Å². The van der Waals surface area contributed by atoms with E-state index in [0.717, 1.165) is 60.0 Å². The second kappa shape index (κ2) is 17.3. The maximum atomic E-state index is 5.73. The molecule has 0 aromatic heterocycles. The van der Waals surface area contributed by atoms with Crippen molar-refractivity contribution < 1.29 is 18.9 Å². The molecule has 0 aliphatic carbocycles. The first-order valence-corrected chi connectivity index (χ1v) is 13.0. The molecule has 0 bridgehead atoms. The van der Waals surface area contributed by atoms with Crippen LogP contribution < -0.4 is 0 Å². The predicted molar refractivity (Wildman–Crippen MR) is 117 cm³/mol. The third-order valence-corrected chi connectivity index (χ3v) is 6.89. The fourth-order valence-corrected chi connectivity index (χ4v) is 4.75. The minimum atomic E-state index is 0.00171. The lowest BCUT2D eigenvalue weighted by molar-refractivity contribution is -0.139. The van der Waals surface area contributed by atoms with Gasteiger partial charge in [0.1, 0.15) is 0 Å². The highest BCUT2D eigenvalue weighted by Crippen LogP contribution is 2.20. The topological polar surface area (TPSA) is 40.2 Å². The Hall–Kier alpha value is 0.234. The zero-order valence-electron chi connectivity index (χ0n) is 18.5. The summed E-state index contributed by atoms with van der Waals surface area (Å²) in [6, 6.07) is 0. The molecule has 0 spiro atoms. The Kier molecular flexibility index (Phi) is 17.5. The second-order valence-corrected chi connectivity index (χ2v) is 10.1. The van der Waals surface area contributed by atoms with Gasteiger partial charge in [0, 0.05) is 46.9 Å². The second-order valence-electron chi connectivity index (χ2n) is 7.10. The van der Waals surface area contributed by atoms with Crippen LogP contribution in [0.3, 0.4) is 0 Å². The van der Waals surface area contributed by atoms with Gasteiger partial charge in [0.15, 0.2) is 12.6 Å². The van der Waals surface area contributed by atoms with Gasteiger partial charge in [0.2, 0.25) is 0 Å². The van der Waals surface area contributed by atoms with Crippen molar-refractivity contribution in [3.63, 3.8) is 0 Å². The first-order chi connectivity index (χ1) is 12.5. The van der Waals surface area contributed by atoms with E-state index in [9.17, 15) is 0 Å². The van der Waals surface area contributed by atoms with E-state index >= 15 is 0 Å². The van der Waals surface area contributed by atoms with Crippen molar-refractivity contribution >= 4 is 20.5 Å². The van der Waals surface area contributed by atoms with Gasteiger partial charge in [-0.25, -0.2) is 0 Å². The summed E-state index contributed by atoms with van der Waals surface area (Å²) in [5.74, 6) is 0. The molecule has 0 fully saturated rings. The average Bonchev–Trinajstić information content (AvgIpc) is 2.61. The van der Waals surface area contributed by atoms with Gasteiger partial charge >= 0.3 is 0 Å². The fourth-order valence-electron chi connectivity index (χ4n) is 3.16. The van der Waals surface area contributed by atoms with Crippen LogP contribution in [0.1, 0.15) is 53.4 Å². The van der Waals surface area contributed by atoms with Crippen LogP contribution in [0.5, 0.6) is 0 Å². The van der Waals surface area contributed by atoms with E-state index in [4.69, 9.17) is 18.9 Å². The standard InChI is InChI=1S/C19H45NO4Si2/c1-6-21-18(22-7-2)16(25)12-10-14-20(5)15-11-13-17(26)19(23-8-3)24-9-4/h16-19H,6-15H2,1-5,25-26H3. The first-order valence-electron chi connectivity index (χ1n) is 10.6. The van der Waals surface area contributed by atoms with E-state index in [1.165, 1.54) is 25.7 Å². The maximum Gasteiger partial charge on any atom is 0.157 e. The molecule has 0 aromatic carbocycles. The molecule has 158 valence electrons. The van der Waals surface area contributed by atoms with Crippen LogP contribution in [-0.2, 0) is 18.9 Å². The van der Waals surface area contributed by atoms with E-state index in [0.29, 0.717) is 11.1 Å². The van der Waals surface area contributed by atoms with E-state index in [1.54, 1.807) is 0 Å². The molecule has 0 aromatic rings. The predicted octanol–water partition coefficient (Wildman–Crippen LogP) is 1.58. The molecule has 0 saturated heterocycles. The van der Waals surface area contributed by atoms with Gasteiger partial charge < -0.3 is 23.8 Å². The maximum absolute atomic E-state index is 5.73. The zero-order valence-corrected chi connectivity index (χ0v) is 22.5. The van der Waals surface area contributed by atoms with E-state index in [1.807, 2.05) is 27.7 Å². The molecule has 0 heterocycles. The smallest absolute Gasteiger partial charge is 0.157 e. The molecule has 0 radical (unpaired) electrons. The van der Waals surface area contributed by atoms with Crippen molar-refractivity contribution in [1.82, 2.24) is 4.90 Å². The van der Waals surface area contributed by atoms with E-state index < -0.39 is 0 Å². The Balaban J connectivity index is 3.95. The summed E-state index contributed by atoms with van der Waals surface area (Å²) in [5, 5.41) is 0. The molecular weight excluding hydrogens is 362 g/mol. The number of hydrogen-bond donors (Lipinski definition) is 0. The molecule has 2 atom stereocenters. The number of rotatable bonds is 18. The molecule has 0 amide bonds. The summed E-state index contributed by atoms with van der Waals surface area (Å²) in [6.45, 7) is 13.4. The monoisotopic (exact) mass is 407 g/mol. The Morgan fingerprint density at radius 3 is 1.23 bits per heavy atom. The molecule has 0 saturated carbocycles. The van der Waals surface area contributed by atoms with Crippen molar-refractivity contribution in [1.29, 1.82) is 0 Å². The summed E-state index contributed by atoms with van der Waals surface area (Å²) in [4.78, 5) is 2.45. The quantitative estimate of drug-likeness (QED) is 0.255. The van der Waals surface area contributed by atoms with Gasteiger partial charge in [-0.1, -0.05) is 0 Å². The third-order valence-electron chi connectivity index (χ3n) is 4.65. The zero-order chi connectivity index (χ0) is 19.8. The number of ether oxygens (including phenoxy) is 4. The SMILES string of the molecule is CCOC(OCC)C([SiH3])CCCN(C)CCCC([SiH3])C(OCC)OCC. The molecule has 0 rings (SSSR count). The highest BCUT2D eigenvalue weighted by Gasteiger charge is 2.18. The lowest BCUT2D eigenvalue weighted by Crippen LogP contribution is -2.27. The van der Waals surface area contributed by atoms with Crippen LogP contribution in [0.15, 0.2) is 0 Å². The summed E-state index contributed by atoms with van der Waals surface area (Å²) < 4.78 is 22.9. The van der Waals surface area contributed by atoms with Crippen molar-refractivity contribution in [2.75, 3.05) is 46.6 Å². The van der Waals surface area contributed by atoms with Crippen molar-refractivity contribution in [3.05, 3.63) is 0 Å². The van der Waals surface area contributed by atoms with Crippen LogP contribution in [0.4, 0.5) is 0 Å². The van der Waals surface area contributed by atoms with Gasteiger partial charge in [-0.05, 0) is 84.6 Å². The van der Waals surface area contributed by atoms with Crippen molar-refractivity contribution in [2.45, 2.75) is 77.0 Å². The van der Waals surface area contributed by atoms with Gasteiger partial charge in [-0.3, -0.25) is 0 Å². The summed E-state index contributed by atoms with van der Waals surface area (Å²) in [7, 11) is 4.47. The highest BCUT2D eigenvalue weighted by atomic mass is 28.1. The molecule has 0 aliphatic heterocycles. The van der Waals surface area contributed by atoms with Gasteiger partial charge in [0.25, 0.3) is 0 Å². The van der Waals surface area contributed by atoms with Gasteiger partial charge in [-0.15, -0.1) is 0 Å². The lowest BCUT2D eigenvalue weighted by Gasteiger charge is -2.26. The minimum Gasteiger partial charge on any atom is -0.353 e. The molecular formula is C19H45NO4Si2. The molecule has 0 aliphatic rings. The van der Waals surface area contributed by atoms with Crippen LogP contribution in [0, 0.1) is 0 Å². The van der Waals surface area contributed by atoms with Crippen LogP contribution in [-0.4, -0.2) is 84.5 Å². The van der Waals surface area contributed by atoms with Crippen molar-refractivity contribution in [2.24, 2.45) is 0 Å². The number of nitrogens with zero attached hydrogens (tertiary/aromatic N) is 1. The van der Waals surface area contributed by atoms with Gasteiger partial charge in [-0.2, -0.15) is 0 Å². The number of hydrogen-bond acceptors (Lipinski definition) is 5. The molecule has 26 heavy (non-hydrogen) atoms. The molecule has 0 N–H and O–H groups in total. The Bertz CT molecular complexity index is 273. The van der Waals surface area contributed by atoms with Crippen LogP contribution >= 0.6 is 0 Å². The van der Waals surface area contributed by atoms with E-state index in [-0.39, 0.29) is 12.6 Å². The van der Waals surface area contributed by atoms with E-state index in [2.05, 4.69) is 11.9 Å². The average molecular weight is 408 g/mol. The molecule has 2 unspecified atom stereocenters. The fraction of sp³-hybridized carbons (Fsp3) is 1.00. The Labute approximate surface area is 168 Å². The third kappa shape index (κ3) is 12.6.